The number of hydrogen-bond donors (Lipinski definition) is 0. The minimum atomic E-state index is -0.0278. The molecule has 2 rings (SSSR count). The van der Waals surface area contributed by atoms with Crippen LogP contribution in [-0.2, 0) is 9.53 Å². The van der Waals surface area contributed by atoms with Crippen molar-refractivity contribution in [2.75, 3.05) is 39.3 Å². The summed E-state index contributed by atoms with van der Waals surface area (Å²) in [5.41, 5.74) is 0. The van der Waals surface area contributed by atoms with E-state index in [0.717, 1.165) is 44.9 Å². The molecule has 0 aromatic heterocycles. The molecule has 0 radical (unpaired) electrons. The summed E-state index contributed by atoms with van der Waals surface area (Å²) in [6.45, 7) is 10.0. The lowest BCUT2D eigenvalue weighted by Crippen LogP contribution is -2.53. The van der Waals surface area contributed by atoms with Crippen LogP contribution in [0.15, 0.2) is 0 Å². The first-order chi connectivity index (χ1) is 9.24. The molecule has 4 nitrogen and oxygen atoms in total. The van der Waals surface area contributed by atoms with E-state index in [9.17, 15) is 4.79 Å². The third-order valence-corrected chi connectivity index (χ3v) is 4.18. The van der Waals surface area contributed by atoms with Gasteiger partial charge >= 0.3 is 5.97 Å². The molecule has 2 aliphatic rings. The van der Waals surface area contributed by atoms with Gasteiger partial charge in [-0.15, -0.1) is 0 Å². The van der Waals surface area contributed by atoms with Gasteiger partial charge < -0.3 is 9.64 Å². The molecule has 0 spiro atoms. The van der Waals surface area contributed by atoms with Crippen LogP contribution in [0.25, 0.3) is 0 Å². The number of piperazine rings is 1. The summed E-state index contributed by atoms with van der Waals surface area (Å²) in [5.74, 6) is 0.933. The fraction of sp³-hybridized carbons (Fsp3) is 0.933. The van der Waals surface area contributed by atoms with E-state index < -0.39 is 0 Å². The van der Waals surface area contributed by atoms with Gasteiger partial charge in [-0.05, 0) is 32.1 Å². The van der Waals surface area contributed by atoms with Gasteiger partial charge in [-0.3, -0.25) is 9.69 Å². The molecule has 1 aliphatic carbocycles. The number of carbonyl (C=O) groups is 1. The van der Waals surface area contributed by atoms with Crippen LogP contribution in [0.2, 0.25) is 0 Å². The highest BCUT2D eigenvalue weighted by Gasteiger charge is 2.31. The van der Waals surface area contributed by atoms with E-state index in [2.05, 4.69) is 16.7 Å². The molecule has 1 unspecified atom stereocenters. The molecule has 0 bridgehead atoms. The summed E-state index contributed by atoms with van der Waals surface area (Å²) in [7, 11) is 0. The summed E-state index contributed by atoms with van der Waals surface area (Å²) in [4.78, 5) is 16.9. The quantitative estimate of drug-likeness (QED) is 0.659. The Morgan fingerprint density at radius 1 is 1.21 bits per heavy atom. The maximum Gasteiger partial charge on any atom is 0.323 e. The van der Waals surface area contributed by atoms with Gasteiger partial charge in [0, 0.05) is 32.7 Å². The molecule has 0 N–H and O–H groups in total. The monoisotopic (exact) mass is 268 g/mol. The van der Waals surface area contributed by atoms with Crippen LogP contribution in [0.3, 0.4) is 0 Å². The van der Waals surface area contributed by atoms with Crippen molar-refractivity contribution >= 4 is 5.97 Å². The highest BCUT2D eigenvalue weighted by atomic mass is 16.5. The highest BCUT2D eigenvalue weighted by molar-refractivity contribution is 5.75. The third-order valence-electron chi connectivity index (χ3n) is 4.18. The molecule has 1 saturated heterocycles. The summed E-state index contributed by atoms with van der Waals surface area (Å²) >= 11 is 0. The van der Waals surface area contributed by atoms with Crippen molar-refractivity contribution in [1.82, 2.24) is 9.80 Å². The number of hydrogen-bond acceptors (Lipinski definition) is 4. The molecule has 4 heteroatoms. The largest absolute Gasteiger partial charge is 0.465 e. The first kappa shape index (κ1) is 14.8. The van der Waals surface area contributed by atoms with Crippen molar-refractivity contribution in [3.05, 3.63) is 0 Å². The normalized spacial score (nSPS) is 23.3. The minimum Gasteiger partial charge on any atom is -0.465 e. The van der Waals surface area contributed by atoms with Gasteiger partial charge in [0.15, 0.2) is 0 Å². The number of ether oxygens (including phenoxy) is 1. The minimum absolute atomic E-state index is 0.0203. The van der Waals surface area contributed by atoms with Gasteiger partial charge in [-0.25, -0.2) is 0 Å². The van der Waals surface area contributed by atoms with Crippen molar-refractivity contribution in [3.8, 4) is 0 Å². The smallest absolute Gasteiger partial charge is 0.323 e. The summed E-state index contributed by atoms with van der Waals surface area (Å²) in [6, 6.07) is -0.0203. The van der Waals surface area contributed by atoms with Gasteiger partial charge in [0.2, 0.25) is 0 Å². The number of esters is 1. The van der Waals surface area contributed by atoms with Gasteiger partial charge in [-0.2, -0.15) is 0 Å². The Hall–Kier alpha value is -0.610. The topological polar surface area (TPSA) is 32.8 Å². The molecular formula is C15H28N2O2. The second-order valence-corrected chi connectivity index (χ2v) is 5.84. The molecule has 0 aromatic carbocycles. The van der Waals surface area contributed by atoms with Crippen molar-refractivity contribution in [2.45, 2.75) is 45.6 Å². The molecule has 0 aromatic rings. The lowest BCUT2D eigenvalue weighted by Gasteiger charge is -2.38. The van der Waals surface area contributed by atoms with E-state index in [1.165, 1.54) is 19.4 Å². The van der Waals surface area contributed by atoms with Crippen LogP contribution in [-0.4, -0.2) is 61.1 Å². The zero-order valence-electron chi connectivity index (χ0n) is 12.4. The first-order valence-corrected chi connectivity index (χ1v) is 7.87. The summed E-state index contributed by atoms with van der Waals surface area (Å²) < 4.78 is 5.22. The average molecular weight is 268 g/mol. The Balaban J connectivity index is 1.79. The van der Waals surface area contributed by atoms with Crippen molar-refractivity contribution in [3.63, 3.8) is 0 Å². The SMILES string of the molecule is CCCC(C(=O)OCC)N1CCN(CC2CC2)CC1. The molecule has 0 amide bonds. The molecule has 1 aliphatic heterocycles. The maximum absolute atomic E-state index is 12.0. The predicted molar refractivity (Wildman–Crippen MR) is 76.1 cm³/mol. The highest BCUT2D eigenvalue weighted by Crippen LogP contribution is 2.30. The fourth-order valence-corrected chi connectivity index (χ4v) is 2.88. The van der Waals surface area contributed by atoms with Crippen LogP contribution in [0, 0.1) is 5.92 Å². The Labute approximate surface area is 117 Å². The Kier molecular flexibility index (Phi) is 5.64. The second kappa shape index (κ2) is 7.25. The first-order valence-electron chi connectivity index (χ1n) is 7.87. The Morgan fingerprint density at radius 3 is 2.42 bits per heavy atom. The van der Waals surface area contributed by atoms with E-state index in [1.807, 2.05) is 6.92 Å². The van der Waals surface area contributed by atoms with Crippen LogP contribution in [0.1, 0.15) is 39.5 Å². The molecule has 2 fully saturated rings. The number of carbonyl (C=O) groups excluding carboxylic acids is 1. The zero-order chi connectivity index (χ0) is 13.7. The number of nitrogens with zero attached hydrogens (tertiary/aromatic N) is 2. The van der Waals surface area contributed by atoms with Crippen LogP contribution < -0.4 is 0 Å². The maximum atomic E-state index is 12.0. The lowest BCUT2D eigenvalue weighted by atomic mass is 10.1. The Bertz CT molecular complexity index is 284. The van der Waals surface area contributed by atoms with Crippen LogP contribution >= 0.6 is 0 Å². The van der Waals surface area contributed by atoms with Gasteiger partial charge in [0.1, 0.15) is 6.04 Å². The van der Waals surface area contributed by atoms with E-state index in [0.29, 0.717) is 6.61 Å². The van der Waals surface area contributed by atoms with Gasteiger partial charge in [0.25, 0.3) is 0 Å². The molecule has 19 heavy (non-hydrogen) atoms. The van der Waals surface area contributed by atoms with Crippen molar-refractivity contribution < 1.29 is 9.53 Å². The van der Waals surface area contributed by atoms with Crippen molar-refractivity contribution in [2.24, 2.45) is 5.92 Å². The summed E-state index contributed by atoms with van der Waals surface area (Å²) in [6.07, 6.45) is 4.79. The molecule has 1 saturated carbocycles. The third kappa shape index (κ3) is 4.46. The van der Waals surface area contributed by atoms with Crippen molar-refractivity contribution in [1.29, 1.82) is 0 Å². The average Bonchev–Trinajstić information content (AvgIpc) is 3.21. The van der Waals surface area contributed by atoms with E-state index in [1.54, 1.807) is 0 Å². The number of rotatable bonds is 7. The van der Waals surface area contributed by atoms with Gasteiger partial charge in [0.05, 0.1) is 6.61 Å². The van der Waals surface area contributed by atoms with E-state index >= 15 is 0 Å². The Morgan fingerprint density at radius 2 is 1.89 bits per heavy atom. The fourth-order valence-electron chi connectivity index (χ4n) is 2.88. The lowest BCUT2D eigenvalue weighted by molar-refractivity contribution is -0.150. The molecule has 110 valence electrons. The van der Waals surface area contributed by atoms with Gasteiger partial charge in [-0.1, -0.05) is 13.3 Å². The van der Waals surface area contributed by atoms with E-state index in [-0.39, 0.29) is 12.0 Å². The van der Waals surface area contributed by atoms with E-state index in [4.69, 9.17) is 4.74 Å². The zero-order valence-corrected chi connectivity index (χ0v) is 12.4. The standard InChI is InChI=1S/C15H28N2O2/c1-3-5-14(15(18)19-4-2)17-10-8-16(9-11-17)12-13-6-7-13/h13-14H,3-12H2,1-2H3. The molecule has 1 atom stereocenters. The summed E-state index contributed by atoms with van der Waals surface area (Å²) in [5, 5.41) is 0. The molecule has 1 heterocycles. The second-order valence-electron chi connectivity index (χ2n) is 5.84. The molecular weight excluding hydrogens is 240 g/mol. The van der Waals surface area contributed by atoms with Crippen LogP contribution in [0.4, 0.5) is 0 Å². The van der Waals surface area contributed by atoms with Crippen LogP contribution in [0.5, 0.6) is 0 Å². The predicted octanol–water partition coefficient (Wildman–Crippen LogP) is 1.75.